The summed E-state index contributed by atoms with van der Waals surface area (Å²) in [7, 11) is 0. The molecule has 0 fully saturated rings. The minimum atomic E-state index is -4.18. The normalized spacial score (nSPS) is 17.8. The lowest BCUT2D eigenvalue weighted by molar-refractivity contribution is -0.127. The average molecular weight is 338 g/mol. The highest BCUT2D eigenvalue weighted by Gasteiger charge is 2.29. The molecular weight excluding hydrogens is 317 g/mol. The van der Waals surface area contributed by atoms with Gasteiger partial charge in [-0.25, -0.2) is 4.68 Å². The molecule has 130 valence electrons. The maximum absolute atomic E-state index is 12.5. The number of nitrogens with one attached hydrogen (secondary N) is 1. The second-order valence-corrected chi connectivity index (χ2v) is 6.54. The monoisotopic (exact) mass is 338 g/mol. The number of anilines is 1. The Morgan fingerprint density at radius 3 is 2.58 bits per heavy atom. The molecule has 0 saturated heterocycles. The molecule has 0 spiro atoms. The SMILES string of the molecule is CC(C)Nc1nc2n(n1)CCCC2c1ccc(CC(F)(F)F)cc1. The van der Waals surface area contributed by atoms with Crippen LogP contribution < -0.4 is 5.32 Å². The summed E-state index contributed by atoms with van der Waals surface area (Å²) in [5, 5.41) is 7.68. The first kappa shape index (κ1) is 16.8. The average Bonchev–Trinajstić information content (AvgIpc) is 2.87. The molecule has 0 aliphatic carbocycles. The summed E-state index contributed by atoms with van der Waals surface area (Å²) in [4.78, 5) is 4.59. The van der Waals surface area contributed by atoms with Gasteiger partial charge in [0, 0.05) is 18.5 Å². The van der Waals surface area contributed by atoms with Crippen LogP contribution in [0, 0.1) is 0 Å². The van der Waals surface area contributed by atoms with Gasteiger partial charge >= 0.3 is 6.18 Å². The molecule has 1 N–H and O–H groups in total. The van der Waals surface area contributed by atoms with Gasteiger partial charge in [0.15, 0.2) is 0 Å². The number of nitrogens with zero attached hydrogens (tertiary/aromatic N) is 3. The van der Waals surface area contributed by atoms with Gasteiger partial charge in [0.05, 0.1) is 6.42 Å². The predicted octanol–water partition coefficient (Wildman–Crippen LogP) is 4.13. The van der Waals surface area contributed by atoms with E-state index >= 15 is 0 Å². The van der Waals surface area contributed by atoms with Gasteiger partial charge in [-0.05, 0) is 37.8 Å². The first-order valence-electron chi connectivity index (χ1n) is 8.19. The van der Waals surface area contributed by atoms with Crippen molar-refractivity contribution < 1.29 is 13.2 Å². The van der Waals surface area contributed by atoms with E-state index in [0.717, 1.165) is 30.8 Å². The maximum Gasteiger partial charge on any atom is 0.393 e. The number of benzene rings is 1. The van der Waals surface area contributed by atoms with Crippen LogP contribution in [-0.4, -0.2) is 27.0 Å². The largest absolute Gasteiger partial charge is 0.393 e. The highest BCUT2D eigenvalue weighted by Crippen LogP contribution is 2.33. The summed E-state index contributed by atoms with van der Waals surface area (Å²) in [6, 6.07) is 6.93. The van der Waals surface area contributed by atoms with Gasteiger partial charge in [0.2, 0.25) is 5.95 Å². The molecule has 24 heavy (non-hydrogen) atoms. The molecule has 1 aromatic carbocycles. The van der Waals surface area contributed by atoms with Crippen LogP contribution in [0.1, 0.15) is 49.6 Å². The molecule has 1 aromatic heterocycles. The molecule has 3 rings (SSSR count). The summed E-state index contributed by atoms with van der Waals surface area (Å²) in [6.07, 6.45) is -3.16. The topological polar surface area (TPSA) is 42.7 Å². The standard InChI is InChI=1S/C17H21F3N4/c1-11(2)21-16-22-15-14(4-3-9-24(15)23-16)13-7-5-12(6-8-13)10-17(18,19)20/h5-8,11,14H,3-4,9-10H2,1-2H3,(H,21,23). The molecule has 2 heterocycles. The van der Waals surface area contributed by atoms with Crippen molar-refractivity contribution >= 4 is 5.95 Å². The third kappa shape index (κ3) is 3.88. The fourth-order valence-electron chi connectivity index (χ4n) is 3.09. The highest BCUT2D eigenvalue weighted by molar-refractivity contribution is 5.33. The minimum Gasteiger partial charge on any atom is -0.351 e. The van der Waals surface area contributed by atoms with E-state index in [1.54, 1.807) is 24.3 Å². The van der Waals surface area contributed by atoms with E-state index in [-0.39, 0.29) is 17.5 Å². The minimum absolute atomic E-state index is 0.0777. The third-order valence-corrected chi connectivity index (χ3v) is 4.08. The molecule has 1 unspecified atom stereocenters. The predicted molar refractivity (Wildman–Crippen MR) is 86.1 cm³/mol. The van der Waals surface area contributed by atoms with Crippen molar-refractivity contribution in [1.82, 2.24) is 14.8 Å². The Balaban J connectivity index is 1.82. The van der Waals surface area contributed by atoms with Crippen molar-refractivity contribution in [2.75, 3.05) is 5.32 Å². The van der Waals surface area contributed by atoms with Gasteiger partial charge < -0.3 is 5.32 Å². The summed E-state index contributed by atoms with van der Waals surface area (Å²) in [5.41, 5.74) is 1.27. The lowest BCUT2D eigenvalue weighted by Crippen LogP contribution is -2.18. The van der Waals surface area contributed by atoms with E-state index in [9.17, 15) is 13.2 Å². The Labute approximate surface area is 139 Å². The Bertz CT molecular complexity index is 689. The van der Waals surface area contributed by atoms with Crippen molar-refractivity contribution in [2.45, 2.75) is 57.8 Å². The number of halogens is 3. The fraction of sp³-hybridized carbons (Fsp3) is 0.529. The van der Waals surface area contributed by atoms with E-state index in [1.807, 2.05) is 18.5 Å². The molecule has 0 saturated carbocycles. The van der Waals surface area contributed by atoms with Crippen molar-refractivity contribution in [2.24, 2.45) is 0 Å². The first-order chi connectivity index (χ1) is 11.3. The molecule has 0 amide bonds. The molecular formula is C17H21F3N4. The Morgan fingerprint density at radius 2 is 1.96 bits per heavy atom. The van der Waals surface area contributed by atoms with Gasteiger partial charge in [0.1, 0.15) is 5.82 Å². The molecule has 7 heteroatoms. The van der Waals surface area contributed by atoms with Gasteiger partial charge in [0.25, 0.3) is 0 Å². The summed E-state index contributed by atoms with van der Waals surface area (Å²) < 4.78 is 39.3. The number of hydrogen-bond donors (Lipinski definition) is 1. The second-order valence-electron chi connectivity index (χ2n) is 6.54. The Kier molecular flexibility index (Phi) is 4.51. The quantitative estimate of drug-likeness (QED) is 0.911. The molecule has 1 aliphatic heterocycles. The van der Waals surface area contributed by atoms with Gasteiger partial charge in [-0.3, -0.25) is 0 Å². The van der Waals surface area contributed by atoms with E-state index in [4.69, 9.17) is 0 Å². The molecule has 0 bridgehead atoms. The molecule has 0 radical (unpaired) electrons. The second kappa shape index (κ2) is 6.45. The van der Waals surface area contributed by atoms with E-state index in [1.165, 1.54) is 0 Å². The lowest BCUT2D eigenvalue weighted by Gasteiger charge is -2.22. The summed E-state index contributed by atoms with van der Waals surface area (Å²) in [6.45, 7) is 4.87. The molecule has 4 nitrogen and oxygen atoms in total. The van der Waals surface area contributed by atoms with Crippen LogP contribution in [0.3, 0.4) is 0 Å². The Hall–Kier alpha value is -2.05. The fourth-order valence-corrected chi connectivity index (χ4v) is 3.09. The van der Waals surface area contributed by atoms with Crippen molar-refractivity contribution in [3.63, 3.8) is 0 Å². The number of alkyl halides is 3. The number of rotatable bonds is 4. The van der Waals surface area contributed by atoms with E-state index < -0.39 is 12.6 Å². The number of hydrogen-bond acceptors (Lipinski definition) is 3. The van der Waals surface area contributed by atoms with Crippen LogP contribution >= 0.6 is 0 Å². The van der Waals surface area contributed by atoms with Crippen LogP contribution in [0.2, 0.25) is 0 Å². The third-order valence-electron chi connectivity index (χ3n) is 4.08. The van der Waals surface area contributed by atoms with E-state index in [0.29, 0.717) is 5.95 Å². The van der Waals surface area contributed by atoms with Crippen LogP contribution in [0.5, 0.6) is 0 Å². The van der Waals surface area contributed by atoms with Crippen LogP contribution in [-0.2, 0) is 13.0 Å². The van der Waals surface area contributed by atoms with Crippen LogP contribution in [0.4, 0.5) is 19.1 Å². The number of aromatic nitrogens is 3. The number of fused-ring (bicyclic) bond motifs is 1. The number of aryl methyl sites for hydroxylation is 1. The summed E-state index contributed by atoms with van der Waals surface area (Å²) >= 11 is 0. The maximum atomic E-state index is 12.5. The van der Waals surface area contributed by atoms with Crippen LogP contribution in [0.25, 0.3) is 0 Å². The van der Waals surface area contributed by atoms with Crippen molar-refractivity contribution in [3.8, 4) is 0 Å². The van der Waals surface area contributed by atoms with Gasteiger partial charge in [-0.2, -0.15) is 18.2 Å². The van der Waals surface area contributed by atoms with Crippen molar-refractivity contribution in [3.05, 3.63) is 41.2 Å². The zero-order valence-corrected chi connectivity index (χ0v) is 13.8. The van der Waals surface area contributed by atoms with Gasteiger partial charge in [-0.1, -0.05) is 24.3 Å². The first-order valence-corrected chi connectivity index (χ1v) is 8.19. The summed E-state index contributed by atoms with van der Waals surface area (Å²) in [5.74, 6) is 1.57. The Morgan fingerprint density at radius 1 is 1.25 bits per heavy atom. The molecule has 1 atom stereocenters. The lowest BCUT2D eigenvalue weighted by atomic mass is 9.90. The smallest absolute Gasteiger partial charge is 0.351 e. The zero-order valence-electron chi connectivity index (χ0n) is 13.8. The van der Waals surface area contributed by atoms with Crippen LogP contribution in [0.15, 0.2) is 24.3 Å². The van der Waals surface area contributed by atoms with Gasteiger partial charge in [-0.15, -0.1) is 5.10 Å². The zero-order chi connectivity index (χ0) is 17.3. The molecule has 1 aliphatic rings. The molecule has 2 aromatic rings. The van der Waals surface area contributed by atoms with Crippen molar-refractivity contribution in [1.29, 1.82) is 0 Å². The van der Waals surface area contributed by atoms with E-state index in [2.05, 4.69) is 15.4 Å². The highest BCUT2D eigenvalue weighted by atomic mass is 19.4.